The molecule has 8 heteroatoms. The highest BCUT2D eigenvalue weighted by atomic mass is 79.9. The molecular weight excluding hydrogens is 371 g/mol. The fraction of sp³-hybridized carbons (Fsp3) is 0.333. The minimum Gasteiger partial charge on any atom is -0.484 e. The highest BCUT2D eigenvalue weighted by molar-refractivity contribution is 9.10. The molecule has 23 heavy (non-hydrogen) atoms. The van der Waals surface area contributed by atoms with Crippen LogP contribution in [0.1, 0.15) is 13.8 Å². The van der Waals surface area contributed by atoms with E-state index in [0.717, 1.165) is 0 Å². The zero-order valence-corrected chi connectivity index (χ0v) is 14.2. The number of carbonyl (C=O) groups is 2. The minimum atomic E-state index is -0.553. The Labute approximate surface area is 141 Å². The van der Waals surface area contributed by atoms with E-state index in [9.17, 15) is 14.0 Å². The molecule has 1 aliphatic heterocycles. The lowest BCUT2D eigenvalue weighted by molar-refractivity contribution is -0.139. The summed E-state index contributed by atoms with van der Waals surface area (Å²) in [7, 11) is 0. The second-order valence-electron chi connectivity index (χ2n) is 4.80. The number of rotatable bonds is 5. The van der Waals surface area contributed by atoms with Crippen LogP contribution < -0.4 is 15.4 Å². The van der Waals surface area contributed by atoms with E-state index in [1.54, 1.807) is 19.9 Å². The molecule has 0 aliphatic carbocycles. The summed E-state index contributed by atoms with van der Waals surface area (Å²) in [5.41, 5.74) is 0.506. The normalized spacial score (nSPS) is 17.4. The van der Waals surface area contributed by atoms with E-state index in [4.69, 9.17) is 9.47 Å². The van der Waals surface area contributed by atoms with Crippen molar-refractivity contribution >= 4 is 27.9 Å². The largest absolute Gasteiger partial charge is 0.484 e. The third-order valence-corrected chi connectivity index (χ3v) is 3.62. The van der Waals surface area contributed by atoms with E-state index in [1.165, 1.54) is 12.1 Å². The molecular formula is C15H16BrFN2O4. The lowest BCUT2D eigenvalue weighted by Gasteiger charge is -2.26. The van der Waals surface area contributed by atoms with Crippen LogP contribution in [0.4, 0.5) is 9.18 Å². The van der Waals surface area contributed by atoms with Crippen LogP contribution in [-0.4, -0.2) is 31.3 Å². The lowest BCUT2D eigenvalue weighted by atomic mass is 10.0. The van der Waals surface area contributed by atoms with Crippen molar-refractivity contribution in [1.82, 2.24) is 10.6 Å². The first-order valence-corrected chi connectivity index (χ1v) is 7.77. The van der Waals surface area contributed by atoms with Crippen LogP contribution in [0.3, 0.4) is 0 Å². The number of amides is 2. The maximum absolute atomic E-state index is 13.8. The molecule has 1 atom stereocenters. The smallest absolute Gasteiger partial charge is 0.338 e. The fourth-order valence-corrected chi connectivity index (χ4v) is 2.47. The van der Waals surface area contributed by atoms with Gasteiger partial charge < -0.3 is 20.1 Å². The molecule has 1 heterocycles. The monoisotopic (exact) mass is 386 g/mol. The summed E-state index contributed by atoms with van der Waals surface area (Å²) >= 11 is 3.15. The average molecular weight is 387 g/mol. The second-order valence-corrected chi connectivity index (χ2v) is 5.71. The Kier molecular flexibility index (Phi) is 5.59. The Morgan fingerprint density at radius 3 is 2.83 bits per heavy atom. The van der Waals surface area contributed by atoms with Gasteiger partial charge >= 0.3 is 12.0 Å². The molecule has 1 aromatic rings. The Morgan fingerprint density at radius 2 is 2.17 bits per heavy atom. The van der Waals surface area contributed by atoms with E-state index in [1.807, 2.05) is 0 Å². The van der Waals surface area contributed by atoms with Crippen molar-refractivity contribution in [3.8, 4) is 5.75 Å². The van der Waals surface area contributed by atoms with Gasteiger partial charge in [0.2, 0.25) is 0 Å². The highest BCUT2D eigenvalue weighted by Gasteiger charge is 2.30. The van der Waals surface area contributed by atoms with E-state index in [-0.39, 0.29) is 30.2 Å². The lowest BCUT2D eigenvalue weighted by Crippen LogP contribution is -2.50. The zero-order valence-electron chi connectivity index (χ0n) is 12.6. The predicted molar refractivity (Wildman–Crippen MR) is 84.4 cm³/mol. The molecule has 0 spiro atoms. The summed E-state index contributed by atoms with van der Waals surface area (Å²) in [6, 6.07) is 3.36. The molecule has 6 nitrogen and oxygen atoms in total. The Morgan fingerprint density at radius 1 is 1.43 bits per heavy atom. The molecule has 0 fully saturated rings. The highest BCUT2D eigenvalue weighted by Crippen LogP contribution is 2.23. The maximum Gasteiger partial charge on any atom is 0.338 e. The number of halogens is 2. The van der Waals surface area contributed by atoms with Crippen LogP contribution in [0.2, 0.25) is 0 Å². The quantitative estimate of drug-likeness (QED) is 0.762. The SMILES string of the molecule is CCOC(=O)C1=C(COc2ccc(Br)cc2F)NC(=O)N[C@@H]1C. The van der Waals surface area contributed by atoms with Crippen LogP contribution in [0, 0.1) is 5.82 Å². The van der Waals surface area contributed by atoms with Gasteiger partial charge in [-0.05, 0) is 32.0 Å². The number of hydrogen-bond donors (Lipinski definition) is 2. The van der Waals surface area contributed by atoms with Crippen LogP contribution in [0.5, 0.6) is 5.75 Å². The van der Waals surface area contributed by atoms with Gasteiger partial charge in [0.25, 0.3) is 0 Å². The van der Waals surface area contributed by atoms with E-state index >= 15 is 0 Å². The van der Waals surface area contributed by atoms with E-state index in [2.05, 4.69) is 26.6 Å². The third-order valence-electron chi connectivity index (χ3n) is 3.13. The number of ether oxygens (including phenoxy) is 2. The Balaban J connectivity index is 2.23. The van der Waals surface area contributed by atoms with Crippen molar-refractivity contribution in [2.45, 2.75) is 19.9 Å². The summed E-state index contributed by atoms with van der Waals surface area (Å²) in [6.45, 7) is 3.39. The first-order valence-electron chi connectivity index (χ1n) is 6.98. The topological polar surface area (TPSA) is 76.7 Å². The van der Waals surface area contributed by atoms with Crippen LogP contribution in [-0.2, 0) is 9.53 Å². The molecule has 124 valence electrons. The number of urea groups is 1. The molecule has 0 bridgehead atoms. The summed E-state index contributed by atoms with van der Waals surface area (Å²) in [5.74, 6) is -1.09. The van der Waals surface area contributed by atoms with Gasteiger partial charge in [0.05, 0.1) is 23.9 Å². The summed E-state index contributed by atoms with van der Waals surface area (Å²) in [6.07, 6.45) is 0. The minimum absolute atomic E-state index is 0.0179. The summed E-state index contributed by atoms with van der Waals surface area (Å²) in [5, 5.41) is 5.08. The number of esters is 1. The molecule has 0 saturated carbocycles. The van der Waals surface area contributed by atoms with Gasteiger partial charge in [-0.1, -0.05) is 15.9 Å². The molecule has 1 aliphatic rings. The molecule has 0 saturated heterocycles. The zero-order chi connectivity index (χ0) is 17.0. The number of benzene rings is 1. The van der Waals surface area contributed by atoms with Gasteiger partial charge in [0, 0.05) is 4.47 Å². The van der Waals surface area contributed by atoms with Crippen molar-refractivity contribution < 1.29 is 23.5 Å². The molecule has 0 radical (unpaired) electrons. The number of carbonyl (C=O) groups excluding carboxylic acids is 2. The van der Waals surface area contributed by atoms with Gasteiger partial charge in [-0.25, -0.2) is 14.0 Å². The van der Waals surface area contributed by atoms with Gasteiger partial charge in [-0.3, -0.25) is 0 Å². The molecule has 2 rings (SSSR count). The summed E-state index contributed by atoms with van der Waals surface area (Å²) < 4.78 is 24.7. The van der Waals surface area contributed by atoms with Gasteiger partial charge in [0.15, 0.2) is 11.6 Å². The average Bonchev–Trinajstić information content (AvgIpc) is 2.45. The Bertz CT molecular complexity index is 663. The van der Waals surface area contributed by atoms with Gasteiger partial charge in [-0.15, -0.1) is 0 Å². The van der Waals surface area contributed by atoms with Gasteiger partial charge in [0.1, 0.15) is 6.61 Å². The van der Waals surface area contributed by atoms with Crippen molar-refractivity contribution in [3.63, 3.8) is 0 Å². The van der Waals surface area contributed by atoms with Crippen LogP contribution in [0.25, 0.3) is 0 Å². The number of hydrogen-bond acceptors (Lipinski definition) is 4. The number of nitrogens with one attached hydrogen (secondary N) is 2. The van der Waals surface area contributed by atoms with E-state index in [0.29, 0.717) is 4.47 Å². The molecule has 0 unspecified atom stereocenters. The van der Waals surface area contributed by atoms with Crippen molar-refractivity contribution in [2.75, 3.05) is 13.2 Å². The van der Waals surface area contributed by atoms with Crippen molar-refractivity contribution in [1.29, 1.82) is 0 Å². The molecule has 2 N–H and O–H groups in total. The maximum atomic E-state index is 13.8. The molecule has 1 aromatic carbocycles. The van der Waals surface area contributed by atoms with Crippen LogP contribution >= 0.6 is 15.9 Å². The van der Waals surface area contributed by atoms with Gasteiger partial charge in [-0.2, -0.15) is 0 Å². The fourth-order valence-electron chi connectivity index (χ4n) is 2.14. The second kappa shape index (κ2) is 7.45. The molecule has 2 amide bonds. The predicted octanol–water partition coefficient (Wildman–Crippen LogP) is 2.49. The third kappa shape index (κ3) is 4.22. The van der Waals surface area contributed by atoms with Crippen molar-refractivity contribution in [3.05, 3.63) is 39.8 Å². The summed E-state index contributed by atoms with van der Waals surface area (Å²) in [4.78, 5) is 23.6. The van der Waals surface area contributed by atoms with E-state index < -0.39 is 23.9 Å². The standard InChI is InChI=1S/C15H16BrFN2O4/c1-3-22-14(20)13-8(2)18-15(21)19-11(13)7-23-12-5-4-9(16)6-10(12)17/h4-6,8H,3,7H2,1-2H3,(H2,18,19,21)/t8-/m1/s1. The first kappa shape index (κ1) is 17.3. The first-order chi connectivity index (χ1) is 10.9. The van der Waals surface area contributed by atoms with Crippen molar-refractivity contribution in [2.24, 2.45) is 0 Å². The Hall–Kier alpha value is -2.09. The van der Waals surface area contributed by atoms with Crippen LogP contribution in [0.15, 0.2) is 33.9 Å². The molecule has 0 aromatic heterocycles.